The Bertz CT molecular complexity index is 5380. The van der Waals surface area contributed by atoms with Gasteiger partial charge >= 0.3 is 18.0 Å². The van der Waals surface area contributed by atoms with Gasteiger partial charge in [-0.25, -0.2) is 34.7 Å². The number of aliphatic hydroxyl groups excluding tert-OH is 2. The fourth-order valence-electron chi connectivity index (χ4n) is 18.1. The van der Waals surface area contributed by atoms with Gasteiger partial charge in [-0.2, -0.15) is 0 Å². The Kier molecular flexibility index (Phi) is 29.7. The van der Waals surface area contributed by atoms with E-state index in [9.17, 15) is 43.8 Å². The molecular formula is C98H120N14O12. The molecule has 654 valence electrons. The number of nitrogens with two attached hydrogens (primary N) is 1. The molecule has 2 fully saturated rings. The third-order valence-electron chi connectivity index (χ3n) is 25.4. The van der Waals surface area contributed by atoms with Crippen LogP contribution in [0.2, 0.25) is 0 Å². The highest BCUT2D eigenvalue weighted by Gasteiger charge is 2.52. The maximum absolute atomic E-state index is 14.0. The summed E-state index contributed by atoms with van der Waals surface area (Å²) in [5.41, 5.74) is 29.5. The lowest BCUT2D eigenvalue weighted by atomic mass is 9.84. The number of unbranched alkanes of at least 4 members (excludes halogenated alkanes) is 4. The number of amides is 5. The van der Waals surface area contributed by atoms with Crippen LogP contribution in [0.5, 0.6) is 0 Å². The maximum atomic E-state index is 14.0. The Balaban J connectivity index is 0.000000229. The minimum absolute atomic E-state index is 0.0591. The molecule has 10 heterocycles. The molecule has 8 unspecified atom stereocenters. The number of benzene rings is 1. The number of aliphatic imine (C=N–C) groups is 6. The van der Waals surface area contributed by atoms with Crippen LogP contribution in [0.1, 0.15) is 191 Å². The molecule has 2 aliphatic carbocycles. The number of hydrogen-bond donors (Lipinski definition) is 10. The van der Waals surface area contributed by atoms with E-state index < -0.39 is 42.0 Å². The van der Waals surface area contributed by atoms with Gasteiger partial charge in [-0.3, -0.25) is 28.8 Å². The highest BCUT2D eigenvalue weighted by Crippen LogP contribution is 2.52. The van der Waals surface area contributed by atoms with Crippen LogP contribution in [0.15, 0.2) is 269 Å². The van der Waals surface area contributed by atoms with E-state index in [4.69, 9.17) is 49.9 Å². The summed E-state index contributed by atoms with van der Waals surface area (Å²) in [5, 5.41) is 45.9. The lowest BCUT2D eigenvalue weighted by Crippen LogP contribution is -2.47. The maximum Gasteiger partial charge on any atom is 0.407 e. The van der Waals surface area contributed by atoms with Gasteiger partial charge in [0.25, 0.3) is 0 Å². The minimum Gasteiger partial charge on any atom is -0.510 e. The van der Waals surface area contributed by atoms with E-state index in [1.54, 1.807) is 0 Å². The first-order chi connectivity index (χ1) is 59.7. The highest BCUT2D eigenvalue weighted by atomic mass is 16.5. The Morgan fingerprint density at radius 1 is 0.516 bits per heavy atom. The third kappa shape index (κ3) is 19.0. The van der Waals surface area contributed by atoms with Crippen molar-refractivity contribution in [2.24, 2.45) is 71.2 Å². The van der Waals surface area contributed by atoms with Crippen LogP contribution < -0.4 is 43.0 Å². The Hall–Kier alpha value is -12.2. The molecule has 10 aliphatic heterocycles. The van der Waals surface area contributed by atoms with Crippen molar-refractivity contribution in [1.82, 2.24) is 37.2 Å². The van der Waals surface area contributed by atoms with Crippen molar-refractivity contribution in [2.75, 3.05) is 40.4 Å². The second kappa shape index (κ2) is 40.4. The molecule has 124 heavy (non-hydrogen) atoms. The van der Waals surface area contributed by atoms with Crippen molar-refractivity contribution in [3.63, 3.8) is 0 Å². The third-order valence-corrected chi connectivity index (χ3v) is 25.4. The van der Waals surface area contributed by atoms with Crippen LogP contribution in [0.4, 0.5) is 4.79 Å². The molecule has 2 saturated heterocycles. The smallest absolute Gasteiger partial charge is 0.407 e. The number of ether oxygens (including phenoxy) is 3. The van der Waals surface area contributed by atoms with Gasteiger partial charge in [0.05, 0.1) is 82.7 Å². The van der Waals surface area contributed by atoms with Gasteiger partial charge in [0.15, 0.2) is 0 Å². The number of rotatable bonds is 33. The van der Waals surface area contributed by atoms with Gasteiger partial charge in [0, 0.05) is 112 Å². The molecule has 13 rings (SSSR count). The van der Waals surface area contributed by atoms with E-state index in [1.807, 2.05) is 114 Å². The van der Waals surface area contributed by atoms with Gasteiger partial charge < -0.3 is 67.4 Å². The monoisotopic (exact) mass is 1680 g/mol. The number of nitrogens with one attached hydrogen (secondary N) is 7. The topological polar surface area (TPSA) is 372 Å². The molecular weight excluding hydrogens is 1570 g/mol. The molecule has 26 heteroatoms. The van der Waals surface area contributed by atoms with Crippen molar-refractivity contribution in [3.8, 4) is 0 Å². The average molecular weight is 1690 g/mol. The molecule has 16 bridgehead atoms. The zero-order valence-corrected chi connectivity index (χ0v) is 74.1. The standard InChI is InChI=1S/C53H63N7O7.C45H57N7O5/c1-9-12-23-54-51(63)37(20-16-17-24-55-53(65)67-28-33-18-14-13-15-19-33)58-44(61)22-21-36-31(6)40-25-38-29(4)34(10-2)42(56-38)26-39-30(5)35(11-3)43(57-39)27-41-32(7)45-49(60-41)46(48(36)59-40)47(50(45)62)52(64)66-8;1-9-12-19-47-44(55)30(15-13-14-18-46)50-37(53)17-16-29-25(6)33-20-31-23(4)27(10-2)35(48-31)21-32-24(5)28(11-3)36(49-32)22-34-26(7)38-42(52-34)39(41(29)51-33)40(43(38)54)45(56)57-8/h10,13-15,18-19,25-27,31,36-37,47,59,62H,2,9,11-12,16-17,20-24,28H2,1,3-8H3,(H,54,63)(H,55,65)(H,58,61);10,20-22,25,29-30,40,51,54H,2,9,11-19,46H2,1,3-8H3,(H,47,55)(H,50,53). The van der Waals surface area contributed by atoms with Crippen LogP contribution in [0.25, 0.3) is 0 Å². The summed E-state index contributed by atoms with van der Waals surface area (Å²) in [6, 6.07) is 7.97. The summed E-state index contributed by atoms with van der Waals surface area (Å²) in [4.78, 5) is 125. The summed E-state index contributed by atoms with van der Waals surface area (Å²) < 4.78 is 15.9. The van der Waals surface area contributed by atoms with E-state index in [2.05, 4.69) is 98.8 Å². The first-order valence-corrected chi connectivity index (χ1v) is 43.9. The van der Waals surface area contributed by atoms with Crippen LogP contribution in [-0.4, -0.2) is 139 Å². The molecule has 1 aromatic rings. The molecule has 1 aromatic carbocycles. The summed E-state index contributed by atoms with van der Waals surface area (Å²) >= 11 is 0. The average Bonchev–Trinajstić information content (AvgIpc) is 1.56. The van der Waals surface area contributed by atoms with Gasteiger partial charge in [-0.05, 0) is 212 Å². The van der Waals surface area contributed by atoms with Crippen LogP contribution in [-0.2, 0) is 49.6 Å². The second-order valence-corrected chi connectivity index (χ2v) is 33.2. The second-order valence-electron chi connectivity index (χ2n) is 33.2. The van der Waals surface area contributed by atoms with Gasteiger partial charge in [0.2, 0.25) is 23.6 Å². The van der Waals surface area contributed by atoms with Crippen LogP contribution in [0, 0.1) is 35.5 Å². The predicted molar refractivity (Wildman–Crippen MR) is 486 cm³/mol. The largest absolute Gasteiger partial charge is 0.510 e. The van der Waals surface area contributed by atoms with Gasteiger partial charge in [-0.1, -0.05) is 110 Å². The van der Waals surface area contributed by atoms with Crippen molar-refractivity contribution in [1.29, 1.82) is 0 Å². The SMILES string of the molecule is C=CC1=C(C)C2=NC1=CC1=NC(=CC3=C(C)C4=C(O)C(C(=O)OC)C(=C5NC(=C2)C(C)C5CCC(=O)NC(CCCCN)C(=O)NCCCC)C4=N3)C(CC)=C1C.C=CC1=C(C)C2=NC1=CC1=NC(=CC3=C(C)C4=C(O)C(C(=O)OC)C(=C5NC(=C2)C(C)C5CCC(=O)NC(CCCCNC(=O)OCc2ccccc2)C(=O)NCCCC)C4=N3)C(CC)=C1C. The lowest BCUT2D eigenvalue weighted by Gasteiger charge is -2.22. The Labute approximate surface area is 727 Å². The van der Waals surface area contributed by atoms with Crippen LogP contribution in [0.3, 0.4) is 0 Å². The molecule has 0 saturated carbocycles. The van der Waals surface area contributed by atoms with Crippen LogP contribution >= 0.6 is 0 Å². The molecule has 12 aliphatic rings. The summed E-state index contributed by atoms with van der Waals surface area (Å²) in [6.45, 7) is 34.7. The van der Waals surface area contributed by atoms with E-state index >= 15 is 0 Å². The molecule has 26 nitrogen and oxygen atoms in total. The Morgan fingerprint density at radius 3 is 1.33 bits per heavy atom. The molecule has 0 spiro atoms. The quantitative estimate of drug-likeness (QED) is 0.0178. The zero-order valence-electron chi connectivity index (χ0n) is 74.1. The summed E-state index contributed by atoms with van der Waals surface area (Å²) in [6.07, 6.45) is 24.4. The number of carbonyl (C=O) groups excluding carboxylic acids is 7. The lowest BCUT2D eigenvalue weighted by molar-refractivity contribution is -0.144. The van der Waals surface area contributed by atoms with E-state index in [1.165, 1.54) is 14.2 Å². The van der Waals surface area contributed by atoms with Gasteiger partial charge in [0.1, 0.15) is 42.0 Å². The van der Waals surface area contributed by atoms with Crippen molar-refractivity contribution < 1.29 is 58.0 Å². The van der Waals surface area contributed by atoms with Crippen molar-refractivity contribution in [3.05, 3.63) is 244 Å². The summed E-state index contributed by atoms with van der Waals surface area (Å²) in [7, 11) is 2.61. The highest BCUT2D eigenvalue weighted by molar-refractivity contribution is 6.26. The van der Waals surface area contributed by atoms with Crippen molar-refractivity contribution >= 4 is 75.9 Å². The number of carbonyl (C=O) groups is 7. The number of esters is 2. The van der Waals surface area contributed by atoms with Gasteiger partial charge in [-0.15, -0.1) is 0 Å². The zero-order chi connectivity index (χ0) is 89.1. The fraction of sp³-hybridized carbons (Fsp3) is 0.439. The van der Waals surface area contributed by atoms with E-state index in [0.717, 1.165) is 158 Å². The number of allylic oxidation sites excluding steroid dienone is 22. The van der Waals surface area contributed by atoms with E-state index in [-0.39, 0.29) is 78.3 Å². The molecule has 5 amide bonds. The van der Waals surface area contributed by atoms with E-state index in [0.29, 0.717) is 133 Å². The summed E-state index contributed by atoms with van der Waals surface area (Å²) in [5.74, 6) is -5.79. The Morgan fingerprint density at radius 2 is 0.927 bits per heavy atom. The molecule has 0 radical (unpaired) electrons. The van der Waals surface area contributed by atoms with Crippen molar-refractivity contribution in [2.45, 2.75) is 205 Å². The molecule has 0 aromatic heterocycles. The number of fused-ring (bicyclic) bond motifs is 10. The number of methoxy groups -OCH3 is 2. The number of nitrogens with zero attached hydrogens (tertiary/aromatic N) is 6. The predicted octanol–water partition coefficient (Wildman–Crippen LogP) is 15.1. The number of alkyl carbamates (subject to hydrolysis) is 1. The first-order valence-electron chi connectivity index (χ1n) is 43.9. The molecule has 8 atom stereocenters. The normalized spacial score (nSPS) is 21.9. The number of aliphatic hydroxyl groups is 2. The fourth-order valence-corrected chi connectivity index (χ4v) is 18.1. The number of hydrogen-bond acceptors (Lipinski definition) is 21. The molecule has 11 N–H and O–H groups in total. The first kappa shape index (κ1) is 91.0. The minimum atomic E-state index is -1.15.